The summed E-state index contributed by atoms with van der Waals surface area (Å²) in [5, 5.41) is 15.2. The number of nitrogens with one attached hydrogen (secondary N) is 1. The first-order valence-electron chi connectivity index (χ1n) is 7.85. The Hall–Kier alpha value is -1.38. The van der Waals surface area contributed by atoms with Crippen LogP contribution >= 0.6 is 0 Å². The third-order valence-corrected chi connectivity index (χ3v) is 4.17. The van der Waals surface area contributed by atoms with Crippen LogP contribution in [-0.2, 0) is 0 Å². The Morgan fingerprint density at radius 2 is 1.81 bits per heavy atom. The van der Waals surface area contributed by atoms with Crippen molar-refractivity contribution >= 4 is 10.8 Å². The lowest BCUT2D eigenvalue weighted by atomic mass is 9.87. The molecule has 2 heteroatoms. The molecule has 114 valence electrons. The lowest BCUT2D eigenvalue weighted by molar-refractivity contribution is 0.233. The summed E-state index contributed by atoms with van der Waals surface area (Å²) in [6, 6.07) is 15.5. The van der Waals surface area contributed by atoms with E-state index in [0.717, 1.165) is 19.4 Å². The number of aliphatic hydroxyl groups excluding tert-OH is 1. The average molecular weight is 285 g/mol. The fourth-order valence-corrected chi connectivity index (χ4v) is 2.67. The van der Waals surface area contributed by atoms with Gasteiger partial charge < -0.3 is 10.4 Å². The van der Waals surface area contributed by atoms with Crippen LogP contribution in [0.4, 0.5) is 0 Å². The van der Waals surface area contributed by atoms with Gasteiger partial charge in [0, 0.05) is 19.2 Å². The summed E-state index contributed by atoms with van der Waals surface area (Å²) < 4.78 is 0. The second kappa shape index (κ2) is 7.06. The molecule has 0 fully saturated rings. The van der Waals surface area contributed by atoms with Gasteiger partial charge in [-0.15, -0.1) is 0 Å². The van der Waals surface area contributed by atoms with Gasteiger partial charge in [-0.05, 0) is 47.6 Å². The van der Waals surface area contributed by atoms with Crippen molar-refractivity contribution in [3.05, 3.63) is 48.0 Å². The van der Waals surface area contributed by atoms with E-state index in [9.17, 15) is 0 Å². The normalized spacial score (nSPS) is 13.5. The molecule has 21 heavy (non-hydrogen) atoms. The van der Waals surface area contributed by atoms with Gasteiger partial charge in [0.05, 0.1) is 0 Å². The largest absolute Gasteiger partial charge is 0.396 e. The third kappa shape index (κ3) is 4.55. The maximum absolute atomic E-state index is 8.97. The van der Waals surface area contributed by atoms with Crippen LogP contribution in [0, 0.1) is 5.41 Å². The molecule has 1 atom stereocenters. The molecule has 1 unspecified atom stereocenters. The molecule has 0 aliphatic rings. The van der Waals surface area contributed by atoms with Crippen molar-refractivity contribution in [2.75, 3.05) is 13.2 Å². The highest BCUT2D eigenvalue weighted by atomic mass is 16.2. The highest BCUT2D eigenvalue weighted by molar-refractivity contribution is 5.83. The smallest absolute Gasteiger partial charge is 0.0431 e. The molecular weight excluding hydrogens is 258 g/mol. The molecule has 0 saturated heterocycles. The molecule has 0 bridgehead atoms. The van der Waals surface area contributed by atoms with Crippen LogP contribution in [0.5, 0.6) is 0 Å². The number of fused-ring (bicyclic) bond motifs is 1. The Labute approximate surface area is 128 Å². The Kier molecular flexibility index (Phi) is 5.38. The molecule has 2 nitrogen and oxygen atoms in total. The van der Waals surface area contributed by atoms with Gasteiger partial charge in [-0.1, -0.05) is 50.2 Å². The zero-order valence-electron chi connectivity index (χ0n) is 13.4. The Morgan fingerprint density at radius 3 is 2.52 bits per heavy atom. The highest BCUT2D eigenvalue weighted by Crippen LogP contribution is 2.24. The second-order valence-electron chi connectivity index (χ2n) is 6.70. The van der Waals surface area contributed by atoms with E-state index in [1.807, 2.05) is 0 Å². The van der Waals surface area contributed by atoms with Crippen molar-refractivity contribution in [2.24, 2.45) is 5.41 Å². The third-order valence-electron chi connectivity index (χ3n) is 4.17. The molecule has 2 N–H and O–H groups in total. The molecule has 0 aromatic heterocycles. The minimum Gasteiger partial charge on any atom is -0.396 e. The second-order valence-corrected chi connectivity index (χ2v) is 6.70. The van der Waals surface area contributed by atoms with Gasteiger partial charge in [-0.3, -0.25) is 0 Å². The van der Waals surface area contributed by atoms with Gasteiger partial charge in [-0.25, -0.2) is 0 Å². The maximum Gasteiger partial charge on any atom is 0.0431 e. The number of hydrogen-bond donors (Lipinski definition) is 2. The molecule has 0 spiro atoms. The number of aliphatic hydroxyl groups is 1. The summed E-state index contributed by atoms with van der Waals surface area (Å²) in [4.78, 5) is 0. The fourth-order valence-electron chi connectivity index (χ4n) is 2.67. The quantitative estimate of drug-likeness (QED) is 0.795. The van der Waals surface area contributed by atoms with Crippen molar-refractivity contribution < 1.29 is 5.11 Å². The van der Waals surface area contributed by atoms with E-state index in [1.165, 1.54) is 16.3 Å². The summed E-state index contributed by atoms with van der Waals surface area (Å²) in [5.74, 6) is 0. The van der Waals surface area contributed by atoms with E-state index in [4.69, 9.17) is 5.11 Å². The maximum atomic E-state index is 8.97. The zero-order valence-corrected chi connectivity index (χ0v) is 13.4. The summed E-state index contributed by atoms with van der Waals surface area (Å²) >= 11 is 0. The summed E-state index contributed by atoms with van der Waals surface area (Å²) in [7, 11) is 0. The Balaban J connectivity index is 2.00. The molecule has 2 aromatic carbocycles. The van der Waals surface area contributed by atoms with Crippen molar-refractivity contribution in [1.82, 2.24) is 5.32 Å². The predicted molar refractivity (Wildman–Crippen MR) is 90.5 cm³/mol. The zero-order chi connectivity index (χ0) is 15.3. The van der Waals surface area contributed by atoms with Crippen LogP contribution in [-0.4, -0.2) is 18.3 Å². The molecule has 2 aromatic rings. The van der Waals surface area contributed by atoms with Crippen LogP contribution in [0.25, 0.3) is 10.8 Å². The van der Waals surface area contributed by atoms with Crippen LogP contribution in [0.1, 0.15) is 45.2 Å². The van der Waals surface area contributed by atoms with Crippen molar-refractivity contribution in [1.29, 1.82) is 0 Å². The Bertz CT molecular complexity index is 577. The van der Waals surface area contributed by atoms with E-state index in [1.54, 1.807) is 0 Å². The molecule has 0 saturated carbocycles. The van der Waals surface area contributed by atoms with Crippen molar-refractivity contribution in [3.63, 3.8) is 0 Å². The topological polar surface area (TPSA) is 32.3 Å². The number of benzene rings is 2. The van der Waals surface area contributed by atoms with Crippen LogP contribution in [0.2, 0.25) is 0 Å². The highest BCUT2D eigenvalue weighted by Gasteiger charge is 2.18. The summed E-state index contributed by atoms with van der Waals surface area (Å²) in [6.07, 6.45) is 1.92. The molecule has 0 aliphatic carbocycles. The SMILES string of the molecule is CC(NCC(C)(C)CCCO)c1ccc2ccccc2c1. The summed E-state index contributed by atoms with van der Waals surface area (Å²) in [5.41, 5.74) is 1.54. The number of hydrogen-bond acceptors (Lipinski definition) is 2. The lowest BCUT2D eigenvalue weighted by Gasteiger charge is -2.27. The molecule has 0 radical (unpaired) electrons. The first kappa shape index (κ1) is 16.0. The van der Waals surface area contributed by atoms with E-state index in [2.05, 4.69) is 68.6 Å². The van der Waals surface area contributed by atoms with Crippen molar-refractivity contribution in [2.45, 2.75) is 39.7 Å². The predicted octanol–water partition coefficient (Wildman–Crippen LogP) is 4.29. The monoisotopic (exact) mass is 285 g/mol. The van der Waals surface area contributed by atoms with E-state index < -0.39 is 0 Å². The standard InChI is InChI=1S/C19H27NO/c1-15(20-14-19(2,3)11-6-12-21)17-10-9-16-7-4-5-8-18(16)13-17/h4-5,7-10,13,15,20-21H,6,11-12,14H2,1-3H3. The Morgan fingerprint density at radius 1 is 1.10 bits per heavy atom. The molecule has 0 aliphatic heterocycles. The summed E-state index contributed by atoms with van der Waals surface area (Å²) in [6.45, 7) is 7.96. The average Bonchev–Trinajstić information content (AvgIpc) is 2.50. The van der Waals surface area contributed by atoms with Gasteiger partial charge in [0.2, 0.25) is 0 Å². The van der Waals surface area contributed by atoms with Gasteiger partial charge in [0.15, 0.2) is 0 Å². The molecule has 2 rings (SSSR count). The minimum absolute atomic E-state index is 0.216. The van der Waals surface area contributed by atoms with Gasteiger partial charge in [0.25, 0.3) is 0 Å². The van der Waals surface area contributed by atoms with Gasteiger partial charge in [0.1, 0.15) is 0 Å². The lowest BCUT2D eigenvalue weighted by Crippen LogP contribution is -2.31. The van der Waals surface area contributed by atoms with Gasteiger partial charge >= 0.3 is 0 Å². The molecule has 0 amide bonds. The number of rotatable bonds is 7. The minimum atomic E-state index is 0.216. The van der Waals surface area contributed by atoms with E-state index in [-0.39, 0.29) is 12.0 Å². The first-order valence-corrected chi connectivity index (χ1v) is 7.85. The van der Waals surface area contributed by atoms with Crippen LogP contribution < -0.4 is 5.32 Å². The van der Waals surface area contributed by atoms with Crippen LogP contribution in [0.15, 0.2) is 42.5 Å². The molecular formula is C19H27NO. The van der Waals surface area contributed by atoms with E-state index in [0.29, 0.717) is 6.04 Å². The first-order chi connectivity index (χ1) is 10.0. The van der Waals surface area contributed by atoms with Gasteiger partial charge in [-0.2, -0.15) is 0 Å². The molecule has 0 heterocycles. The van der Waals surface area contributed by atoms with Crippen molar-refractivity contribution in [3.8, 4) is 0 Å². The van der Waals surface area contributed by atoms with Crippen LogP contribution in [0.3, 0.4) is 0 Å². The fraction of sp³-hybridized carbons (Fsp3) is 0.474. The van der Waals surface area contributed by atoms with E-state index >= 15 is 0 Å².